The summed E-state index contributed by atoms with van der Waals surface area (Å²) in [6, 6.07) is 3.32. The molecule has 0 radical (unpaired) electrons. The number of aliphatic hydroxyl groups excluding tert-OH is 1. The zero-order chi connectivity index (χ0) is 9.84. The minimum absolute atomic E-state index is 0.0678. The molecule has 0 heterocycles. The fourth-order valence-electron chi connectivity index (χ4n) is 1.07. The molecule has 2 nitrogen and oxygen atoms in total. The molecule has 1 rings (SSSR count). The smallest absolute Gasteiger partial charge is 0.169 e. The summed E-state index contributed by atoms with van der Waals surface area (Å²) in [5.41, 5.74) is 0.461. The second-order valence-corrected chi connectivity index (χ2v) is 3.38. The highest BCUT2D eigenvalue weighted by Crippen LogP contribution is 2.30. The van der Waals surface area contributed by atoms with E-state index in [1.807, 2.05) is 0 Å². The third kappa shape index (κ3) is 2.19. The first-order valence-electron chi connectivity index (χ1n) is 3.82. The van der Waals surface area contributed by atoms with E-state index >= 15 is 0 Å². The molecule has 0 aliphatic carbocycles. The van der Waals surface area contributed by atoms with E-state index in [-0.39, 0.29) is 12.4 Å². The van der Waals surface area contributed by atoms with Crippen molar-refractivity contribution in [2.45, 2.75) is 6.42 Å². The standard InChI is InChI=1S/C9H10BrFO2/c1-13-9-7(10)3-2-6(4-5-12)8(9)11/h2-3,12H,4-5H2,1H3. The van der Waals surface area contributed by atoms with Crippen LogP contribution in [-0.4, -0.2) is 18.8 Å². The van der Waals surface area contributed by atoms with E-state index in [1.165, 1.54) is 7.11 Å². The molecule has 0 spiro atoms. The summed E-state index contributed by atoms with van der Waals surface area (Å²) < 4.78 is 18.9. The first kappa shape index (κ1) is 10.5. The lowest BCUT2D eigenvalue weighted by Crippen LogP contribution is -1.98. The molecule has 0 amide bonds. The maximum Gasteiger partial charge on any atom is 0.169 e. The number of aliphatic hydroxyl groups is 1. The Bertz CT molecular complexity index is 302. The summed E-state index contributed by atoms with van der Waals surface area (Å²) in [5.74, 6) is -0.225. The second kappa shape index (κ2) is 4.58. The summed E-state index contributed by atoms with van der Waals surface area (Å²) in [6.45, 7) is -0.0678. The predicted molar refractivity (Wildman–Crippen MR) is 51.4 cm³/mol. The van der Waals surface area contributed by atoms with Crippen LogP contribution in [0.1, 0.15) is 5.56 Å². The van der Waals surface area contributed by atoms with Gasteiger partial charge in [0.25, 0.3) is 0 Å². The monoisotopic (exact) mass is 248 g/mol. The fourth-order valence-corrected chi connectivity index (χ4v) is 1.54. The number of methoxy groups -OCH3 is 1. The Labute approximate surface area is 84.5 Å². The molecule has 0 bridgehead atoms. The van der Waals surface area contributed by atoms with Crippen molar-refractivity contribution in [1.82, 2.24) is 0 Å². The Morgan fingerprint density at radius 1 is 1.54 bits per heavy atom. The van der Waals surface area contributed by atoms with Crippen LogP contribution in [0.4, 0.5) is 4.39 Å². The minimum Gasteiger partial charge on any atom is -0.492 e. The third-order valence-corrected chi connectivity index (χ3v) is 2.34. The molecule has 1 aromatic rings. The van der Waals surface area contributed by atoms with Gasteiger partial charge in [0.2, 0.25) is 0 Å². The van der Waals surface area contributed by atoms with Gasteiger partial charge >= 0.3 is 0 Å². The molecule has 0 atom stereocenters. The van der Waals surface area contributed by atoms with Crippen molar-refractivity contribution in [1.29, 1.82) is 0 Å². The number of hydrogen-bond acceptors (Lipinski definition) is 2. The Hall–Kier alpha value is -0.610. The summed E-state index contributed by atoms with van der Waals surface area (Å²) >= 11 is 3.17. The van der Waals surface area contributed by atoms with Gasteiger partial charge < -0.3 is 9.84 Å². The number of halogens is 2. The van der Waals surface area contributed by atoms with Crippen LogP contribution in [0.3, 0.4) is 0 Å². The number of ether oxygens (including phenoxy) is 1. The molecule has 0 aliphatic heterocycles. The summed E-state index contributed by atoms with van der Waals surface area (Å²) in [6.07, 6.45) is 0.301. The van der Waals surface area contributed by atoms with Gasteiger partial charge in [-0.15, -0.1) is 0 Å². The molecule has 0 aliphatic rings. The SMILES string of the molecule is COc1c(Br)ccc(CCO)c1F. The maximum atomic E-state index is 13.5. The van der Waals surface area contributed by atoms with Crippen molar-refractivity contribution in [3.05, 3.63) is 28.0 Å². The summed E-state index contributed by atoms with van der Waals surface area (Å²) in [5, 5.41) is 8.66. The van der Waals surface area contributed by atoms with E-state index in [1.54, 1.807) is 12.1 Å². The van der Waals surface area contributed by atoms with E-state index in [0.29, 0.717) is 16.5 Å². The van der Waals surface area contributed by atoms with Crippen LogP contribution in [0, 0.1) is 5.82 Å². The van der Waals surface area contributed by atoms with Crippen LogP contribution in [-0.2, 0) is 6.42 Å². The molecule has 0 aromatic heterocycles. The molecular formula is C9H10BrFO2. The molecular weight excluding hydrogens is 239 g/mol. The lowest BCUT2D eigenvalue weighted by molar-refractivity contribution is 0.296. The van der Waals surface area contributed by atoms with Gasteiger partial charge in [-0.05, 0) is 34.0 Å². The predicted octanol–water partition coefficient (Wildman–Crippen LogP) is 2.13. The van der Waals surface area contributed by atoms with Crippen molar-refractivity contribution in [2.75, 3.05) is 13.7 Å². The summed E-state index contributed by atoms with van der Waals surface area (Å²) in [7, 11) is 1.41. The molecule has 0 unspecified atom stereocenters. The van der Waals surface area contributed by atoms with Crippen LogP contribution >= 0.6 is 15.9 Å². The number of benzene rings is 1. The maximum absolute atomic E-state index is 13.5. The van der Waals surface area contributed by atoms with Crippen molar-refractivity contribution < 1.29 is 14.2 Å². The van der Waals surface area contributed by atoms with Crippen LogP contribution in [0.15, 0.2) is 16.6 Å². The fraction of sp³-hybridized carbons (Fsp3) is 0.333. The highest BCUT2D eigenvalue weighted by atomic mass is 79.9. The van der Waals surface area contributed by atoms with Gasteiger partial charge in [-0.1, -0.05) is 6.07 Å². The highest BCUT2D eigenvalue weighted by molar-refractivity contribution is 9.10. The summed E-state index contributed by atoms with van der Waals surface area (Å²) in [4.78, 5) is 0. The number of hydrogen-bond donors (Lipinski definition) is 1. The van der Waals surface area contributed by atoms with Gasteiger partial charge in [-0.25, -0.2) is 4.39 Å². The van der Waals surface area contributed by atoms with Crippen LogP contribution in [0.25, 0.3) is 0 Å². The van der Waals surface area contributed by atoms with E-state index in [9.17, 15) is 4.39 Å². The molecule has 0 saturated heterocycles. The Kier molecular flexibility index (Phi) is 3.69. The highest BCUT2D eigenvalue weighted by Gasteiger charge is 2.11. The van der Waals surface area contributed by atoms with E-state index in [2.05, 4.69) is 15.9 Å². The molecule has 0 saturated carbocycles. The lowest BCUT2D eigenvalue weighted by Gasteiger charge is -2.07. The van der Waals surface area contributed by atoms with Gasteiger partial charge in [-0.3, -0.25) is 0 Å². The molecule has 1 N–H and O–H groups in total. The third-order valence-electron chi connectivity index (χ3n) is 1.71. The molecule has 13 heavy (non-hydrogen) atoms. The van der Waals surface area contributed by atoms with Crippen molar-refractivity contribution in [2.24, 2.45) is 0 Å². The normalized spacial score (nSPS) is 10.2. The zero-order valence-corrected chi connectivity index (χ0v) is 8.77. The minimum atomic E-state index is -0.411. The van der Waals surface area contributed by atoms with Crippen molar-refractivity contribution in [3.63, 3.8) is 0 Å². The number of rotatable bonds is 3. The quantitative estimate of drug-likeness (QED) is 0.889. The second-order valence-electron chi connectivity index (χ2n) is 2.53. The largest absolute Gasteiger partial charge is 0.492 e. The van der Waals surface area contributed by atoms with Crippen LogP contribution < -0.4 is 4.74 Å². The van der Waals surface area contributed by atoms with Crippen LogP contribution in [0.5, 0.6) is 5.75 Å². The molecule has 72 valence electrons. The average Bonchev–Trinajstić information content (AvgIpc) is 2.11. The first-order chi connectivity index (χ1) is 6.20. The molecule has 0 fully saturated rings. The van der Waals surface area contributed by atoms with Gasteiger partial charge in [0, 0.05) is 6.61 Å². The molecule has 4 heteroatoms. The zero-order valence-electron chi connectivity index (χ0n) is 7.18. The van der Waals surface area contributed by atoms with E-state index in [4.69, 9.17) is 9.84 Å². The first-order valence-corrected chi connectivity index (χ1v) is 4.61. The molecule has 1 aromatic carbocycles. The topological polar surface area (TPSA) is 29.5 Å². The van der Waals surface area contributed by atoms with Crippen LogP contribution in [0.2, 0.25) is 0 Å². The van der Waals surface area contributed by atoms with E-state index < -0.39 is 5.82 Å². The van der Waals surface area contributed by atoms with E-state index in [0.717, 1.165) is 0 Å². The van der Waals surface area contributed by atoms with Gasteiger partial charge in [0.05, 0.1) is 11.6 Å². The van der Waals surface area contributed by atoms with Gasteiger partial charge in [-0.2, -0.15) is 0 Å². The Balaban J connectivity index is 3.11. The van der Waals surface area contributed by atoms with Gasteiger partial charge in [0.15, 0.2) is 11.6 Å². The van der Waals surface area contributed by atoms with Crippen molar-refractivity contribution >= 4 is 15.9 Å². The Morgan fingerprint density at radius 2 is 2.23 bits per heavy atom. The van der Waals surface area contributed by atoms with Gasteiger partial charge in [0.1, 0.15) is 0 Å². The van der Waals surface area contributed by atoms with Crippen molar-refractivity contribution in [3.8, 4) is 5.75 Å². The Morgan fingerprint density at radius 3 is 2.77 bits per heavy atom. The lowest BCUT2D eigenvalue weighted by atomic mass is 10.1. The average molecular weight is 249 g/mol.